The van der Waals surface area contributed by atoms with Crippen LogP contribution in [0.5, 0.6) is 0 Å². The smallest absolute Gasteiger partial charge is 0.159 e. The molecule has 0 saturated heterocycles. The maximum absolute atomic E-state index is 5.26. The van der Waals surface area contributed by atoms with E-state index >= 15 is 0 Å². The van der Waals surface area contributed by atoms with Crippen LogP contribution in [-0.2, 0) is 0 Å². The quantitative estimate of drug-likeness (QED) is 0.437. The lowest BCUT2D eigenvalue weighted by molar-refractivity contribution is 1.20. The van der Waals surface area contributed by atoms with Crippen molar-refractivity contribution in [3.63, 3.8) is 0 Å². The Morgan fingerprint density at radius 1 is 2.00 bits per heavy atom. The van der Waals surface area contributed by atoms with Gasteiger partial charge in [-0.15, -0.1) is 0 Å². The lowest BCUT2D eigenvalue weighted by Crippen LogP contribution is -1.93. The molecule has 0 unspecified atom stereocenters. The Hall–Kier alpha value is -0.395. The molecule has 1 nitrogen and oxygen atoms in total. The molecule has 0 amide bonds. The Morgan fingerprint density at radius 3 is 2.50 bits per heavy atom. The molecule has 2 N–H and O–H groups in total. The minimum atomic E-state index is 0.914. The molecule has 0 aliphatic rings. The van der Waals surface area contributed by atoms with E-state index in [0.29, 0.717) is 0 Å². The highest BCUT2D eigenvalue weighted by atomic mass is 14.5. The zero-order chi connectivity index (χ0) is 4.99. The molecule has 34 valence electrons. The Kier molecular flexibility index (Phi) is 2.64. The third kappa shape index (κ3) is 3.60. The van der Waals surface area contributed by atoms with Crippen LogP contribution in [0.25, 0.3) is 0 Å². The van der Waals surface area contributed by atoms with Crippen LogP contribution >= 0.6 is 0 Å². The molecule has 0 aromatic carbocycles. The van der Waals surface area contributed by atoms with Gasteiger partial charge in [0.2, 0.25) is 0 Å². The van der Waals surface area contributed by atoms with Crippen LogP contribution < -0.4 is 5.73 Å². The standard InChI is InChI=1S/C4H10BN/c1-2-3-4(5)6/h3H,2,5-6H2,1H3/b4-3-. The van der Waals surface area contributed by atoms with Crippen molar-refractivity contribution < 1.29 is 0 Å². The second-order valence-corrected chi connectivity index (χ2v) is 1.36. The summed E-state index contributed by atoms with van der Waals surface area (Å²) in [4.78, 5) is 0. The predicted octanol–water partition coefficient (Wildman–Crippen LogP) is -0.170. The van der Waals surface area contributed by atoms with Gasteiger partial charge in [0.25, 0.3) is 0 Å². The first-order valence-corrected chi connectivity index (χ1v) is 2.19. The molecule has 0 aliphatic carbocycles. The van der Waals surface area contributed by atoms with E-state index in [1.54, 1.807) is 0 Å². The predicted molar refractivity (Wildman–Crippen MR) is 31.1 cm³/mol. The van der Waals surface area contributed by atoms with E-state index in [2.05, 4.69) is 6.92 Å². The van der Waals surface area contributed by atoms with Gasteiger partial charge in [-0.2, -0.15) is 0 Å². The number of allylic oxidation sites excluding steroid dienone is 1. The van der Waals surface area contributed by atoms with Gasteiger partial charge in [0.05, 0.1) is 0 Å². The van der Waals surface area contributed by atoms with Gasteiger partial charge in [-0.3, -0.25) is 0 Å². The minimum absolute atomic E-state index is 0.914. The molecular formula is C4H10BN. The molecule has 0 radical (unpaired) electrons. The summed E-state index contributed by atoms with van der Waals surface area (Å²) < 4.78 is 0. The van der Waals surface area contributed by atoms with Gasteiger partial charge >= 0.3 is 0 Å². The average Bonchev–Trinajstić information content (AvgIpc) is 1.35. The first-order valence-electron chi connectivity index (χ1n) is 2.19. The highest BCUT2D eigenvalue weighted by Crippen LogP contribution is 1.77. The summed E-state index contributed by atoms with van der Waals surface area (Å²) in [5.74, 6) is 0. The van der Waals surface area contributed by atoms with E-state index in [4.69, 9.17) is 5.73 Å². The fourth-order valence-corrected chi connectivity index (χ4v) is 0.322. The second kappa shape index (κ2) is 2.82. The molecule has 0 spiro atoms. The summed E-state index contributed by atoms with van der Waals surface area (Å²) in [6, 6.07) is 0. The highest BCUT2D eigenvalue weighted by molar-refractivity contribution is 6.20. The zero-order valence-electron chi connectivity index (χ0n) is 4.36. The Bertz CT molecular complexity index is 54.6. The molecule has 2 heteroatoms. The van der Waals surface area contributed by atoms with Crippen LogP contribution in [-0.4, -0.2) is 7.85 Å². The van der Waals surface area contributed by atoms with Crippen molar-refractivity contribution in [3.05, 3.63) is 11.7 Å². The van der Waals surface area contributed by atoms with Gasteiger partial charge in [-0.05, 0) is 12.0 Å². The lowest BCUT2D eigenvalue weighted by Gasteiger charge is -1.81. The van der Waals surface area contributed by atoms with E-state index < -0.39 is 0 Å². The molecule has 0 saturated carbocycles. The molecule has 0 rings (SSSR count). The highest BCUT2D eigenvalue weighted by Gasteiger charge is 1.68. The van der Waals surface area contributed by atoms with Gasteiger partial charge in [-0.25, -0.2) is 0 Å². The van der Waals surface area contributed by atoms with Gasteiger partial charge in [0.15, 0.2) is 7.85 Å². The maximum atomic E-state index is 5.26. The minimum Gasteiger partial charge on any atom is -0.410 e. The van der Waals surface area contributed by atoms with Crippen molar-refractivity contribution >= 4 is 7.85 Å². The molecule has 6 heavy (non-hydrogen) atoms. The molecule has 0 fully saturated rings. The van der Waals surface area contributed by atoms with Crippen LogP contribution in [0.1, 0.15) is 13.3 Å². The van der Waals surface area contributed by atoms with E-state index in [1.807, 2.05) is 13.9 Å². The number of nitrogens with two attached hydrogens (primary N) is 1. The average molecular weight is 82.9 g/mol. The van der Waals surface area contributed by atoms with Gasteiger partial charge in [-0.1, -0.05) is 13.0 Å². The summed E-state index contributed by atoms with van der Waals surface area (Å²) >= 11 is 0. The number of rotatable bonds is 1. The largest absolute Gasteiger partial charge is 0.410 e. The maximum Gasteiger partial charge on any atom is 0.159 e. The van der Waals surface area contributed by atoms with Crippen LogP contribution in [0.3, 0.4) is 0 Å². The summed E-state index contributed by atoms with van der Waals surface area (Å²) in [6.07, 6.45) is 3.03. The van der Waals surface area contributed by atoms with Crippen LogP contribution in [0.4, 0.5) is 0 Å². The molecule has 0 aromatic rings. The summed E-state index contributed by atoms with van der Waals surface area (Å²) in [5, 5.41) is 0. The Labute approximate surface area is 39.6 Å². The van der Waals surface area contributed by atoms with Crippen LogP contribution in [0.15, 0.2) is 11.7 Å². The molecule has 0 bridgehead atoms. The van der Waals surface area contributed by atoms with E-state index in [-0.39, 0.29) is 0 Å². The zero-order valence-corrected chi connectivity index (χ0v) is 4.36. The fourth-order valence-electron chi connectivity index (χ4n) is 0.322. The third-order valence-electron chi connectivity index (χ3n) is 0.526. The molecular weight excluding hydrogens is 72.9 g/mol. The van der Waals surface area contributed by atoms with Crippen molar-refractivity contribution in [2.24, 2.45) is 5.73 Å². The Morgan fingerprint density at radius 2 is 2.50 bits per heavy atom. The normalized spacial score (nSPS) is 11.8. The number of hydrogen-bond donors (Lipinski definition) is 1. The van der Waals surface area contributed by atoms with Gasteiger partial charge < -0.3 is 5.73 Å². The number of hydrogen-bond acceptors (Lipinski definition) is 1. The monoisotopic (exact) mass is 83.1 g/mol. The van der Waals surface area contributed by atoms with Crippen molar-refractivity contribution in [2.45, 2.75) is 13.3 Å². The first-order chi connectivity index (χ1) is 2.77. The fraction of sp³-hybridized carbons (Fsp3) is 0.500. The van der Waals surface area contributed by atoms with E-state index in [9.17, 15) is 0 Å². The van der Waals surface area contributed by atoms with Crippen molar-refractivity contribution in [1.29, 1.82) is 0 Å². The van der Waals surface area contributed by atoms with Gasteiger partial charge in [0.1, 0.15) is 0 Å². The van der Waals surface area contributed by atoms with E-state index in [1.165, 1.54) is 0 Å². The molecule has 0 aromatic heterocycles. The lowest BCUT2D eigenvalue weighted by atomic mass is 10.1. The molecule has 0 heterocycles. The summed E-state index contributed by atoms with van der Waals surface area (Å²) in [6.45, 7) is 2.07. The summed E-state index contributed by atoms with van der Waals surface area (Å²) in [5.41, 5.74) is 6.18. The van der Waals surface area contributed by atoms with Gasteiger partial charge in [0, 0.05) is 0 Å². The molecule has 0 atom stereocenters. The van der Waals surface area contributed by atoms with Crippen LogP contribution in [0.2, 0.25) is 0 Å². The van der Waals surface area contributed by atoms with Crippen molar-refractivity contribution in [2.75, 3.05) is 0 Å². The van der Waals surface area contributed by atoms with Crippen molar-refractivity contribution in [1.82, 2.24) is 0 Å². The third-order valence-corrected chi connectivity index (χ3v) is 0.526. The van der Waals surface area contributed by atoms with Crippen LogP contribution in [0, 0.1) is 0 Å². The molecule has 0 aliphatic heterocycles. The van der Waals surface area contributed by atoms with Crippen molar-refractivity contribution in [3.8, 4) is 0 Å². The SMILES string of the molecule is B/C(N)=C/CC. The second-order valence-electron chi connectivity index (χ2n) is 1.36. The Balaban J connectivity index is 3.14. The first kappa shape index (κ1) is 5.60. The van der Waals surface area contributed by atoms with E-state index in [0.717, 1.165) is 12.0 Å². The summed E-state index contributed by atoms with van der Waals surface area (Å²) in [7, 11) is 1.89. The topological polar surface area (TPSA) is 26.0 Å².